The lowest BCUT2D eigenvalue weighted by atomic mass is 10.5. The fraction of sp³-hybridized carbons (Fsp3) is 0. The first-order valence-electron chi connectivity index (χ1n) is 2.47. The lowest BCUT2D eigenvalue weighted by Gasteiger charge is -1.91. The summed E-state index contributed by atoms with van der Waals surface area (Å²) in [6, 6.07) is 5.54. The van der Waals surface area contributed by atoms with E-state index in [0.717, 1.165) is 11.0 Å². The van der Waals surface area contributed by atoms with Crippen LogP contribution in [0.1, 0.15) is 0 Å². The molecule has 1 aromatic heterocycles. The third-order valence-electron chi connectivity index (χ3n) is 0.811. The number of hydrogen-bond acceptors (Lipinski definition) is 3. The molecule has 0 aliphatic heterocycles. The number of aliphatic hydroxyl groups excluding tert-OH is 1. The minimum Gasteiger partial charge on any atom is -0.378 e. The highest BCUT2D eigenvalue weighted by Crippen LogP contribution is 2.14. The molecule has 1 radical (unpaired) electrons. The second-order valence-electron chi connectivity index (χ2n) is 1.39. The standard InChI is InChI=1S/C6H6NOS/c8-5-9-6-3-1-2-4-7-6/h1-5,8H. The molecule has 0 unspecified atom stereocenters. The summed E-state index contributed by atoms with van der Waals surface area (Å²) >= 11 is 1.19. The van der Waals surface area contributed by atoms with Crippen molar-refractivity contribution in [1.29, 1.82) is 0 Å². The molecule has 0 aliphatic rings. The fourth-order valence-electron chi connectivity index (χ4n) is 0.471. The van der Waals surface area contributed by atoms with Crippen molar-refractivity contribution in [3.8, 4) is 0 Å². The molecule has 1 heterocycles. The SMILES string of the molecule is O[CH]Sc1ccccn1. The molecular formula is C6H6NOS. The minimum absolute atomic E-state index is 0.806. The lowest BCUT2D eigenvalue weighted by molar-refractivity contribution is 0.446. The Morgan fingerprint density at radius 1 is 1.56 bits per heavy atom. The second-order valence-corrected chi connectivity index (χ2v) is 2.26. The van der Waals surface area contributed by atoms with Gasteiger partial charge < -0.3 is 5.11 Å². The topological polar surface area (TPSA) is 33.1 Å². The van der Waals surface area contributed by atoms with Gasteiger partial charge in [0.1, 0.15) is 5.94 Å². The lowest BCUT2D eigenvalue weighted by Crippen LogP contribution is -1.74. The van der Waals surface area contributed by atoms with Crippen molar-refractivity contribution in [3.05, 3.63) is 30.3 Å². The van der Waals surface area contributed by atoms with Gasteiger partial charge in [0.2, 0.25) is 0 Å². The number of hydrogen-bond donors (Lipinski definition) is 1. The Morgan fingerprint density at radius 3 is 3.00 bits per heavy atom. The van der Waals surface area contributed by atoms with Gasteiger partial charge in [-0.2, -0.15) is 0 Å². The van der Waals surface area contributed by atoms with E-state index in [1.165, 1.54) is 11.8 Å². The van der Waals surface area contributed by atoms with Crippen molar-refractivity contribution >= 4 is 11.8 Å². The Kier molecular flexibility index (Phi) is 2.54. The van der Waals surface area contributed by atoms with Crippen molar-refractivity contribution in [2.75, 3.05) is 0 Å². The van der Waals surface area contributed by atoms with Gasteiger partial charge in [-0.1, -0.05) is 17.8 Å². The predicted molar refractivity (Wildman–Crippen MR) is 36.3 cm³/mol. The van der Waals surface area contributed by atoms with Crippen LogP contribution in [-0.2, 0) is 0 Å². The van der Waals surface area contributed by atoms with Crippen LogP contribution in [0, 0.1) is 5.94 Å². The van der Waals surface area contributed by atoms with Gasteiger partial charge in [-0.05, 0) is 12.1 Å². The molecule has 0 aromatic carbocycles. The normalized spacial score (nSPS) is 9.44. The van der Waals surface area contributed by atoms with E-state index in [1.54, 1.807) is 6.20 Å². The Balaban J connectivity index is 2.61. The van der Waals surface area contributed by atoms with E-state index >= 15 is 0 Å². The van der Waals surface area contributed by atoms with E-state index < -0.39 is 0 Å². The van der Waals surface area contributed by atoms with Gasteiger partial charge in [0, 0.05) is 6.20 Å². The third-order valence-corrected chi connectivity index (χ3v) is 1.40. The summed E-state index contributed by atoms with van der Waals surface area (Å²) in [5.74, 6) is 1.02. The van der Waals surface area contributed by atoms with Gasteiger partial charge in [-0.25, -0.2) is 4.98 Å². The smallest absolute Gasteiger partial charge is 0.141 e. The monoisotopic (exact) mass is 140 g/mol. The molecule has 0 saturated heterocycles. The van der Waals surface area contributed by atoms with Crippen molar-refractivity contribution in [2.45, 2.75) is 5.03 Å². The van der Waals surface area contributed by atoms with Gasteiger partial charge in [0.15, 0.2) is 0 Å². The summed E-state index contributed by atoms with van der Waals surface area (Å²) in [4.78, 5) is 3.94. The van der Waals surface area contributed by atoms with Gasteiger partial charge in [-0.15, -0.1) is 0 Å². The molecule has 0 bridgehead atoms. The quantitative estimate of drug-likeness (QED) is 0.634. The van der Waals surface area contributed by atoms with E-state index in [9.17, 15) is 0 Å². The minimum atomic E-state index is 0.806. The zero-order valence-electron chi connectivity index (χ0n) is 4.69. The average molecular weight is 140 g/mol. The molecule has 9 heavy (non-hydrogen) atoms. The number of rotatable bonds is 2. The van der Waals surface area contributed by atoms with Gasteiger partial charge >= 0.3 is 0 Å². The third kappa shape index (κ3) is 2.03. The summed E-state index contributed by atoms with van der Waals surface area (Å²) in [6.07, 6.45) is 1.69. The first-order valence-corrected chi connectivity index (χ1v) is 3.35. The maximum Gasteiger partial charge on any atom is 0.141 e. The molecule has 0 aliphatic carbocycles. The van der Waals surface area contributed by atoms with Crippen LogP contribution >= 0.6 is 11.8 Å². The molecule has 1 rings (SSSR count). The van der Waals surface area contributed by atoms with Gasteiger partial charge in [-0.3, -0.25) is 0 Å². The van der Waals surface area contributed by atoms with E-state index in [2.05, 4.69) is 4.98 Å². The molecule has 1 aromatic rings. The molecule has 3 heteroatoms. The van der Waals surface area contributed by atoms with E-state index in [1.807, 2.05) is 18.2 Å². The summed E-state index contributed by atoms with van der Waals surface area (Å²) in [5, 5.41) is 9.12. The predicted octanol–water partition coefficient (Wildman–Crippen LogP) is 1.67. The highest BCUT2D eigenvalue weighted by atomic mass is 32.2. The van der Waals surface area contributed by atoms with Crippen LogP contribution in [0.15, 0.2) is 29.4 Å². The molecule has 0 spiro atoms. The zero-order chi connectivity index (χ0) is 6.53. The maximum atomic E-state index is 8.32. The maximum absolute atomic E-state index is 8.32. The molecule has 0 fully saturated rings. The Labute approximate surface area is 57.9 Å². The number of pyridine rings is 1. The summed E-state index contributed by atoms with van der Waals surface area (Å²) in [7, 11) is 0. The first kappa shape index (κ1) is 6.58. The molecule has 47 valence electrons. The van der Waals surface area contributed by atoms with Crippen LogP contribution < -0.4 is 0 Å². The van der Waals surface area contributed by atoms with Crippen molar-refractivity contribution in [3.63, 3.8) is 0 Å². The molecule has 1 N–H and O–H groups in total. The van der Waals surface area contributed by atoms with E-state index in [4.69, 9.17) is 5.11 Å². The van der Waals surface area contributed by atoms with Gasteiger partial charge in [0.05, 0.1) is 5.03 Å². The van der Waals surface area contributed by atoms with Crippen molar-refractivity contribution < 1.29 is 5.11 Å². The van der Waals surface area contributed by atoms with E-state index in [0.29, 0.717) is 0 Å². The highest BCUT2D eigenvalue weighted by Gasteiger charge is 1.88. The molecular weight excluding hydrogens is 134 g/mol. The van der Waals surface area contributed by atoms with Crippen LogP contribution in [0.2, 0.25) is 0 Å². The van der Waals surface area contributed by atoms with Crippen LogP contribution in [0.25, 0.3) is 0 Å². The van der Waals surface area contributed by atoms with Crippen molar-refractivity contribution in [1.82, 2.24) is 4.98 Å². The summed E-state index contributed by atoms with van der Waals surface area (Å²) in [5.41, 5.74) is 0. The second kappa shape index (κ2) is 3.48. The van der Waals surface area contributed by atoms with Crippen molar-refractivity contribution in [2.24, 2.45) is 0 Å². The molecule has 0 saturated carbocycles. The highest BCUT2D eigenvalue weighted by molar-refractivity contribution is 8.01. The average Bonchev–Trinajstić information content (AvgIpc) is 1.91. The van der Waals surface area contributed by atoms with Gasteiger partial charge in [0.25, 0.3) is 0 Å². The molecule has 2 nitrogen and oxygen atoms in total. The zero-order valence-corrected chi connectivity index (χ0v) is 5.51. The van der Waals surface area contributed by atoms with Crippen LogP contribution in [-0.4, -0.2) is 10.1 Å². The van der Waals surface area contributed by atoms with E-state index in [-0.39, 0.29) is 0 Å². The Morgan fingerprint density at radius 2 is 2.44 bits per heavy atom. The molecule has 0 amide bonds. The summed E-state index contributed by atoms with van der Waals surface area (Å²) < 4.78 is 0. The largest absolute Gasteiger partial charge is 0.378 e. The van der Waals surface area contributed by atoms with Crippen LogP contribution in [0.5, 0.6) is 0 Å². The van der Waals surface area contributed by atoms with Crippen LogP contribution in [0.4, 0.5) is 0 Å². The Hall–Kier alpha value is -0.540. The molecule has 0 atom stereocenters. The number of aliphatic hydroxyl groups is 1. The number of aromatic nitrogens is 1. The Bertz CT molecular complexity index is 166. The number of nitrogens with zero attached hydrogens (tertiary/aromatic N) is 1. The summed E-state index contributed by atoms with van der Waals surface area (Å²) in [6.45, 7) is 0. The van der Waals surface area contributed by atoms with Crippen LogP contribution in [0.3, 0.4) is 0 Å². The fourth-order valence-corrected chi connectivity index (χ4v) is 0.858. The number of thioether (sulfide) groups is 1. The first-order chi connectivity index (χ1) is 4.43.